The first kappa shape index (κ1) is 18.2. The second-order valence-corrected chi connectivity index (χ2v) is 6.81. The number of rotatable bonds is 5. The first-order chi connectivity index (χ1) is 10.7. The summed E-state index contributed by atoms with van der Waals surface area (Å²) in [7, 11) is 0. The van der Waals surface area contributed by atoms with Crippen LogP contribution < -0.4 is 10.6 Å². The summed E-state index contributed by atoms with van der Waals surface area (Å²) in [6.07, 6.45) is 5.79. The van der Waals surface area contributed by atoms with Gasteiger partial charge in [0.05, 0.1) is 0 Å². The standard InChI is InChI=1S/C18H25FN2O.ClH/c19-16-6-2-1-5-15(16)18(8-3-4-9-18)13-21-17(22)11-14-7-10-20-12-14;/h1-2,5-6,14,20H,3-4,7-13H2,(H,21,22);1H. The molecule has 3 nitrogen and oxygen atoms in total. The molecule has 128 valence electrons. The number of amides is 1. The van der Waals surface area contributed by atoms with Crippen molar-refractivity contribution in [1.82, 2.24) is 10.6 Å². The maximum absolute atomic E-state index is 14.2. The average molecular weight is 341 g/mol. The van der Waals surface area contributed by atoms with Crippen LogP contribution in [0.1, 0.15) is 44.1 Å². The molecule has 1 aliphatic heterocycles. The van der Waals surface area contributed by atoms with Crippen LogP contribution in [0.4, 0.5) is 4.39 Å². The Morgan fingerprint density at radius 2 is 2.04 bits per heavy atom. The Bertz CT molecular complexity index is 526. The fraction of sp³-hybridized carbons (Fsp3) is 0.611. The average Bonchev–Trinajstić information content (AvgIpc) is 3.18. The number of nitrogens with one attached hydrogen (secondary N) is 2. The Labute approximate surface area is 143 Å². The van der Waals surface area contributed by atoms with E-state index in [1.165, 1.54) is 6.07 Å². The zero-order valence-corrected chi connectivity index (χ0v) is 14.3. The highest BCUT2D eigenvalue weighted by molar-refractivity contribution is 5.85. The first-order valence-corrected chi connectivity index (χ1v) is 8.42. The van der Waals surface area contributed by atoms with Crippen molar-refractivity contribution in [2.24, 2.45) is 5.92 Å². The van der Waals surface area contributed by atoms with Crippen molar-refractivity contribution < 1.29 is 9.18 Å². The third-order valence-electron chi connectivity index (χ3n) is 5.27. The van der Waals surface area contributed by atoms with E-state index in [4.69, 9.17) is 0 Å². The summed E-state index contributed by atoms with van der Waals surface area (Å²) in [6.45, 7) is 2.51. The van der Waals surface area contributed by atoms with Crippen molar-refractivity contribution >= 4 is 18.3 Å². The predicted molar refractivity (Wildman–Crippen MR) is 92.4 cm³/mol. The zero-order valence-electron chi connectivity index (χ0n) is 13.4. The summed E-state index contributed by atoms with van der Waals surface area (Å²) in [5, 5.41) is 6.37. The van der Waals surface area contributed by atoms with Crippen molar-refractivity contribution in [2.75, 3.05) is 19.6 Å². The smallest absolute Gasteiger partial charge is 0.220 e. The molecule has 0 bridgehead atoms. The number of carbonyl (C=O) groups is 1. The molecule has 1 atom stereocenters. The minimum absolute atomic E-state index is 0. The van der Waals surface area contributed by atoms with E-state index in [0.717, 1.165) is 50.8 Å². The third kappa shape index (κ3) is 4.24. The van der Waals surface area contributed by atoms with Crippen molar-refractivity contribution in [3.05, 3.63) is 35.6 Å². The maximum atomic E-state index is 14.2. The van der Waals surface area contributed by atoms with E-state index in [0.29, 0.717) is 18.9 Å². The number of carbonyl (C=O) groups excluding carboxylic acids is 1. The van der Waals surface area contributed by atoms with E-state index >= 15 is 0 Å². The molecule has 3 rings (SSSR count). The van der Waals surface area contributed by atoms with E-state index in [9.17, 15) is 9.18 Å². The fourth-order valence-electron chi connectivity index (χ4n) is 3.98. The van der Waals surface area contributed by atoms with E-state index in [1.807, 2.05) is 12.1 Å². The van der Waals surface area contributed by atoms with E-state index in [-0.39, 0.29) is 29.5 Å². The second-order valence-electron chi connectivity index (χ2n) is 6.81. The van der Waals surface area contributed by atoms with Crippen molar-refractivity contribution in [1.29, 1.82) is 0 Å². The highest BCUT2D eigenvalue weighted by atomic mass is 35.5. The Morgan fingerprint density at radius 3 is 2.70 bits per heavy atom. The lowest BCUT2D eigenvalue weighted by Gasteiger charge is -2.30. The van der Waals surface area contributed by atoms with Crippen LogP contribution in [0.25, 0.3) is 0 Å². The minimum atomic E-state index is -0.213. The molecule has 1 saturated carbocycles. The number of halogens is 2. The Morgan fingerprint density at radius 1 is 1.30 bits per heavy atom. The largest absolute Gasteiger partial charge is 0.355 e. The van der Waals surface area contributed by atoms with Crippen LogP contribution in [-0.4, -0.2) is 25.5 Å². The highest BCUT2D eigenvalue weighted by Gasteiger charge is 2.37. The molecule has 0 radical (unpaired) electrons. The van der Waals surface area contributed by atoms with E-state index in [2.05, 4.69) is 10.6 Å². The molecular weight excluding hydrogens is 315 g/mol. The van der Waals surface area contributed by atoms with Crippen molar-refractivity contribution in [3.8, 4) is 0 Å². The molecule has 2 fully saturated rings. The summed E-state index contributed by atoms with van der Waals surface area (Å²) in [5.74, 6) is 0.419. The molecule has 0 spiro atoms. The van der Waals surface area contributed by atoms with Gasteiger partial charge in [-0.25, -0.2) is 4.39 Å². The third-order valence-corrected chi connectivity index (χ3v) is 5.27. The van der Waals surface area contributed by atoms with Gasteiger partial charge in [-0.15, -0.1) is 12.4 Å². The Balaban J connectivity index is 0.00000192. The van der Waals surface area contributed by atoms with Gasteiger partial charge in [-0.1, -0.05) is 31.0 Å². The molecule has 2 N–H and O–H groups in total. The Hall–Kier alpha value is -1.13. The van der Waals surface area contributed by atoms with Gasteiger partial charge in [0.15, 0.2) is 0 Å². The minimum Gasteiger partial charge on any atom is -0.355 e. The van der Waals surface area contributed by atoms with Crippen LogP contribution in [-0.2, 0) is 10.2 Å². The van der Waals surface area contributed by atoms with Gasteiger partial charge in [0.1, 0.15) is 5.82 Å². The fourth-order valence-corrected chi connectivity index (χ4v) is 3.98. The molecule has 5 heteroatoms. The predicted octanol–water partition coefficient (Wildman–Crippen LogP) is 3.18. The van der Waals surface area contributed by atoms with Gasteiger partial charge in [-0.2, -0.15) is 0 Å². The van der Waals surface area contributed by atoms with Crippen LogP contribution >= 0.6 is 12.4 Å². The quantitative estimate of drug-likeness (QED) is 0.864. The van der Waals surface area contributed by atoms with Crippen LogP contribution in [0.3, 0.4) is 0 Å². The van der Waals surface area contributed by atoms with Gasteiger partial charge >= 0.3 is 0 Å². The van der Waals surface area contributed by atoms with Crippen LogP contribution in [0.15, 0.2) is 24.3 Å². The highest BCUT2D eigenvalue weighted by Crippen LogP contribution is 2.41. The summed E-state index contributed by atoms with van der Waals surface area (Å²) in [4.78, 5) is 12.2. The number of hydrogen-bond donors (Lipinski definition) is 2. The van der Waals surface area contributed by atoms with Gasteiger partial charge < -0.3 is 10.6 Å². The summed E-state index contributed by atoms with van der Waals surface area (Å²) in [6, 6.07) is 7.03. The Kier molecular flexibility index (Phi) is 6.42. The lowest BCUT2D eigenvalue weighted by molar-refractivity contribution is -0.122. The molecule has 1 heterocycles. The summed E-state index contributed by atoms with van der Waals surface area (Å²) >= 11 is 0. The summed E-state index contributed by atoms with van der Waals surface area (Å²) < 4.78 is 14.2. The molecule has 23 heavy (non-hydrogen) atoms. The summed E-state index contributed by atoms with van der Waals surface area (Å²) in [5.41, 5.74) is 0.560. The van der Waals surface area contributed by atoms with Crippen LogP contribution in [0.2, 0.25) is 0 Å². The molecule has 1 unspecified atom stereocenters. The molecule has 1 saturated heterocycles. The number of hydrogen-bond acceptors (Lipinski definition) is 2. The molecular formula is C18H26ClFN2O. The molecule has 1 aliphatic carbocycles. The topological polar surface area (TPSA) is 41.1 Å². The monoisotopic (exact) mass is 340 g/mol. The molecule has 1 aromatic rings. The molecule has 0 aromatic heterocycles. The first-order valence-electron chi connectivity index (χ1n) is 8.42. The van der Waals surface area contributed by atoms with E-state index in [1.54, 1.807) is 6.07 Å². The van der Waals surface area contributed by atoms with Gasteiger partial charge in [0.2, 0.25) is 5.91 Å². The van der Waals surface area contributed by atoms with Gasteiger partial charge in [0, 0.05) is 18.4 Å². The zero-order chi connectivity index (χ0) is 15.4. The van der Waals surface area contributed by atoms with Gasteiger partial charge in [-0.05, 0) is 49.9 Å². The van der Waals surface area contributed by atoms with Gasteiger partial charge in [-0.3, -0.25) is 4.79 Å². The lowest BCUT2D eigenvalue weighted by atomic mass is 9.78. The molecule has 2 aliphatic rings. The van der Waals surface area contributed by atoms with Gasteiger partial charge in [0.25, 0.3) is 0 Å². The van der Waals surface area contributed by atoms with Crippen LogP contribution in [0, 0.1) is 11.7 Å². The molecule has 1 aromatic carbocycles. The van der Waals surface area contributed by atoms with Crippen molar-refractivity contribution in [2.45, 2.75) is 43.9 Å². The lowest BCUT2D eigenvalue weighted by Crippen LogP contribution is -2.40. The second kappa shape index (κ2) is 8.11. The maximum Gasteiger partial charge on any atom is 0.220 e. The van der Waals surface area contributed by atoms with Crippen LogP contribution in [0.5, 0.6) is 0 Å². The SMILES string of the molecule is Cl.O=C(CC1CCNC1)NCC1(c2ccccc2F)CCCC1. The number of benzene rings is 1. The van der Waals surface area contributed by atoms with E-state index < -0.39 is 0 Å². The normalized spacial score (nSPS) is 22.6. The van der Waals surface area contributed by atoms with Crippen molar-refractivity contribution in [3.63, 3.8) is 0 Å². The molecule has 1 amide bonds.